The molecule has 0 radical (unpaired) electrons. The fraction of sp³-hybridized carbons (Fsp3) is 0.562. The van der Waals surface area contributed by atoms with Gasteiger partial charge in [0, 0.05) is 31.9 Å². The molecule has 120 valence electrons. The molecule has 2 aromatic heterocycles. The second-order valence-corrected chi connectivity index (χ2v) is 5.68. The number of nitrogens with zero attached hydrogens (tertiary/aromatic N) is 4. The topological polar surface area (TPSA) is 64.7 Å². The van der Waals surface area contributed by atoms with Gasteiger partial charge in [-0.3, -0.25) is 14.2 Å². The summed E-state index contributed by atoms with van der Waals surface area (Å²) < 4.78 is 3.72. The number of aryl methyl sites for hydroxylation is 3. The molecule has 0 bridgehead atoms. The summed E-state index contributed by atoms with van der Waals surface area (Å²) in [5, 5.41) is 11.7. The van der Waals surface area contributed by atoms with E-state index in [2.05, 4.69) is 29.4 Å². The number of hydrogen-bond acceptors (Lipinski definition) is 3. The fourth-order valence-electron chi connectivity index (χ4n) is 2.59. The van der Waals surface area contributed by atoms with Gasteiger partial charge in [-0.05, 0) is 38.8 Å². The van der Waals surface area contributed by atoms with Crippen molar-refractivity contribution >= 4 is 5.91 Å². The number of carbonyl (C=O) groups is 1. The molecule has 22 heavy (non-hydrogen) atoms. The Balaban J connectivity index is 1.95. The van der Waals surface area contributed by atoms with Crippen LogP contribution >= 0.6 is 0 Å². The average molecular weight is 303 g/mol. The van der Waals surface area contributed by atoms with Crippen molar-refractivity contribution < 1.29 is 4.79 Å². The number of hydrogen-bond donors (Lipinski definition) is 1. The third-order valence-electron chi connectivity index (χ3n) is 4.25. The van der Waals surface area contributed by atoms with E-state index in [4.69, 9.17) is 0 Å². The van der Waals surface area contributed by atoms with E-state index in [0.717, 1.165) is 23.5 Å². The molecule has 6 nitrogen and oxygen atoms in total. The lowest BCUT2D eigenvalue weighted by Crippen LogP contribution is -2.30. The first-order chi connectivity index (χ1) is 10.4. The van der Waals surface area contributed by atoms with Crippen LogP contribution in [0.15, 0.2) is 12.3 Å². The summed E-state index contributed by atoms with van der Waals surface area (Å²) in [6, 6.07) is 1.95. The van der Waals surface area contributed by atoms with Crippen molar-refractivity contribution in [3.8, 4) is 0 Å². The first-order valence-electron chi connectivity index (χ1n) is 7.71. The van der Waals surface area contributed by atoms with Gasteiger partial charge in [0.2, 0.25) is 5.91 Å². The molecule has 0 fully saturated rings. The lowest BCUT2D eigenvalue weighted by atomic mass is 10.1. The van der Waals surface area contributed by atoms with Gasteiger partial charge in [-0.2, -0.15) is 10.2 Å². The highest BCUT2D eigenvalue weighted by Gasteiger charge is 2.16. The summed E-state index contributed by atoms with van der Waals surface area (Å²) in [6.45, 7) is 8.76. The molecule has 1 N–H and O–H groups in total. The van der Waals surface area contributed by atoms with Gasteiger partial charge in [-0.15, -0.1) is 0 Å². The van der Waals surface area contributed by atoms with Crippen LogP contribution in [0.3, 0.4) is 0 Å². The Labute approximate surface area is 131 Å². The van der Waals surface area contributed by atoms with Crippen LogP contribution in [-0.2, 0) is 18.4 Å². The fourth-order valence-corrected chi connectivity index (χ4v) is 2.59. The summed E-state index contributed by atoms with van der Waals surface area (Å²) in [4.78, 5) is 12.2. The van der Waals surface area contributed by atoms with Crippen molar-refractivity contribution in [1.29, 1.82) is 0 Å². The average Bonchev–Trinajstić information content (AvgIpc) is 3.02. The molecule has 0 saturated heterocycles. The predicted molar refractivity (Wildman–Crippen MR) is 85.4 cm³/mol. The zero-order valence-corrected chi connectivity index (χ0v) is 14.1. The Morgan fingerprint density at radius 3 is 2.59 bits per heavy atom. The molecule has 0 aliphatic heterocycles. The van der Waals surface area contributed by atoms with E-state index in [1.54, 1.807) is 10.9 Å². The highest BCUT2D eigenvalue weighted by Crippen LogP contribution is 2.16. The number of rotatable bonds is 6. The van der Waals surface area contributed by atoms with Crippen LogP contribution in [0, 0.1) is 20.8 Å². The molecule has 2 aromatic rings. The largest absolute Gasteiger partial charge is 0.348 e. The predicted octanol–water partition coefficient (Wildman–Crippen LogP) is 2.20. The van der Waals surface area contributed by atoms with Gasteiger partial charge in [0.25, 0.3) is 0 Å². The van der Waals surface area contributed by atoms with Crippen molar-refractivity contribution in [3.63, 3.8) is 0 Å². The van der Waals surface area contributed by atoms with E-state index in [1.807, 2.05) is 31.6 Å². The van der Waals surface area contributed by atoms with Gasteiger partial charge in [-0.25, -0.2) is 0 Å². The van der Waals surface area contributed by atoms with Crippen molar-refractivity contribution in [2.75, 3.05) is 0 Å². The molecule has 0 spiro atoms. The number of aromatic nitrogens is 4. The highest BCUT2D eigenvalue weighted by atomic mass is 16.1. The molecule has 1 atom stereocenters. The summed E-state index contributed by atoms with van der Waals surface area (Å²) in [6.07, 6.45) is 3.02. The lowest BCUT2D eigenvalue weighted by Gasteiger charge is -2.17. The Morgan fingerprint density at radius 2 is 2.09 bits per heavy atom. The van der Waals surface area contributed by atoms with E-state index >= 15 is 0 Å². The molecule has 2 heterocycles. The third kappa shape index (κ3) is 3.37. The van der Waals surface area contributed by atoms with E-state index in [0.29, 0.717) is 13.0 Å². The molecule has 0 saturated carbocycles. The van der Waals surface area contributed by atoms with E-state index in [9.17, 15) is 4.79 Å². The molecule has 2 rings (SSSR count). The summed E-state index contributed by atoms with van der Waals surface area (Å²) in [7, 11) is 1.89. The Morgan fingerprint density at radius 1 is 1.36 bits per heavy atom. The van der Waals surface area contributed by atoms with Crippen molar-refractivity contribution in [3.05, 3.63) is 34.9 Å². The van der Waals surface area contributed by atoms with Gasteiger partial charge >= 0.3 is 0 Å². The minimum atomic E-state index is 0.00203. The van der Waals surface area contributed by atoms with Crippen molar-refractivity contribution in [1.82, 2.24) is 24.9 Å². The second kappa shape index (κ2) is 6.77. The number of nitrogens with one attached hydrogen (secondary N) is 1. The molecule has 0 aliphatic carbocycles. The molecular formula is C16H25N5O. The normalized spacial score (nSPS) is 12.4. The van der Waals surface area contributed by atoms with Gasteiger partial charge in [0.1, 0.15) is 0 Å². The molecule has 1 amide bonds. The van der Waals surface area contributed by atoms with Gasteiger partial charge in [0.15, 0.2) is 0 Å². The maximum Gasteiger partial charge on any atom is 0.222 e. The van der Waals surface area contributed by atoms with Crippen LogP contribution in [-0.4, -0.2) is 25.5 Å². The van der Waals surface area contributed by atoms with Crippen LogP contribution in [0.4, 0.5) is 0 Å². The number of amides is 1. The van der Waals surface area contributed by atoms with E-state index in [1.165, 1.54) is 5.56 Å². The molecule has 0 unspecified atom stereocenters. The molecular weight excluding hydrogens is 278 g/mol. The summed E-state index contributed by atoms with van der Waals surface area (Å²) in [5.74, 6) is 0.0401. The minimum Gasteiger partial charge on any atom is -0.348 e. The van der Waals surface area contributed by atoms with Crippen LogP contribution in [0.1, 0.15) is 48.5 Å². The Bertz CT molecular complexity index is 656. The highest BCUT2D eigenvalue weighted by molar-refractivity contribution is 5.76. The SMILES string of the molecule is CC[C@@H](NC(=O)CCn1nc(C)c(C)c1C)c1ccnn1C. The van der Waals surface area contributed by atoms with Gasteiger partial charge in [-0.1, -0.05) is 6.92 Å². The van der Waals surface area contributed by atoms with Crippen LogP contribution < -0.4 is 5.32 Å². The summed E-state index contributed by atoms with van der Waals surface area (Å²) in [5.41, 5.74) is 4.38. The van der Waals surface area contributed by atoms with Crippen LogP contribution in [0.5, 0.6) is 0 Å². The Kier molecular flexibility index (Phi) is 5.00. The zero-order valence-electron chi connectivity index (χ0n) is 14.1. The number of carbonyl (C=O) groups excluding carboxylic acids is 1. The zero-order chi connectivity index (χ0) is 16.3. The second-order valence-electron chi connectivity index (χ2n) is 5.68. The van der Waals surface area contributed by atoms with Crippen LogP contribution in [0.2, 0.25) is 0 Å². The third-order valence-corrected chi connectivity index (χ3v) is 4.25. The first-order valence-corrected chi connectivity index (χ1v) is 7.71. The van der Waals surface area contributed by atoms with Crippen molar-refractivity contribution in [2.45, 2.75) is 53.1 Å². The maximum atomic E-state index is 12.2. The quantitative estimate of drug-likeness (QED) is 0.889. The maximum absolute atomic E-state index is 12.2. The first kappa shape index (κ1) is 16.3. The Hall–Kier alpha value is -2.11. The molecule has 0 aliphatic rings. The minimum absolute atomic E-state index is 0.00203. The standard InChI is InChI=1S/C16H25N5O/c1-6-14(15-7-9-17-20(15)5)18-16(22)8-10-21-13(4)11(2)12(3)19-21/h7,9,14H,6,8,10H2,1-5H3,(H,18,22)/t14-/m1/s1. The molecule has 6 heteroatoms. The summed E-state index contributed by atoms with van der Waals surface area (Å²) >= 11 is 0. The van der Waals surface area contributed by atoms with Gasteiger partial charge < -0.3 is 5.32 Å². The lowest BCUT2D eigenvalue weighted by molar-refractivity contribution is -0.122. The van der Waals surface area contributed by atoms with E-state index < -0.39 is 0 Å². The molecule has 0 aromatic carbocycles. The van der Waals surface area contributed by atoms with Crippen molar-refractivity contribution in [2.24, 2.45) is 7.05 Å². The monoisotopic (exact) mass is 303 g/mol. The van der Waals surface area contributed by atoms with E-state index in [-0.39, 0.29) is 11.9 Å². The smallest absolute Gasteiger partial charge is 0.222 e. The van der Waals surface area contributed by atoms with Crippen LogP contribution in [0.25, 0.3) is 0 Å². The van der Waals surface area contributed by atoms with Gasteiger partial charge in [0.05, 0.1) is 17.4 Å².